The van der Waals surface area contributed by atoms with Crippen molar-refractivity contribution in [2.75, 3.05) is 19.8 Å². The average Bonchev–Trinajstić information content (AvgIpc) is 3.57. The van der Waals surface area contributed by atoms with E-state index in [-0.39, 0.29) is 54.1 Å². The Hall–Kier alpha value is -3.65. The minimum absolute atomic E-state index is 0.0450. The summed E-state index contributed by atoms with van der Waals surface area (Å²) in [5.74, 6) is 1.05. The van der Waals surface area contributed by atoms with Gasteiger partial charge in [0.2, 0.25) is 5.88 Å². The Balaban J connectivity index is 1.05. The van der Waals surface area contributed by atoms with Gasteiger partial charge in [-0.1, -0.05) is 17.7 Å². The summed E-state index contributed by atoms with van der Waals surface area (Å²) in [6.07, 6.45) is -0.190. The lowest BCUT2D eigenvalue weighted by atomic mass is 9.93. The molecule has 2 fully saturated rings. The molecule has 2 aliphatic rings. The van der Waals surface area contributed by atoms with Crippen LogP contribution in [0.3, 0.4) is 0 Å². The predicted octanol–water partition coefficient (Wildman–Crippen LogP) is 8.66. The monoisotopic (exact) mass is 737 g/mol. The first-order valence-electron chi connectivity index (χ1n) is 16.6. The highest BCUT2D eigenvalue weighted by Crippen LogP contribution is 2.59. The highest BCUT2D eigenvalue weighted by atomic mass is 35.5. The van der Waals surface area contributed by atoms with E-state index in [9.17, 15) is 22.8 Å². The molecule has 2 aromatic heterocycles. The third-order valence-corrected chi connectivity index (χ3v) is 9.89. The van der Waals surface area contributed by atoms with Gasteiger partial charge in [0.05, 0.1) is 24.2 Å². The van der Waals surface area contributed by atoms with Crippen LogP contribution in [0.5, 0.6) is 11.6 Å². The first-order chi connectivity index (χ1) is 23.4. The number of amides is 2. The van der Waals surface area contributed by atoms with Gasteiger partial charge < -0.3 is 19.1 Å². The number of ether oxygens (including phenoxy) is 3. The summed E-state index contributed by atoms with van der Waals surface area (Å²) < 4.78 is 60.6. The van der Waals surface area contributed by atoms with Gasteiger partial charge in [-0.3, -0.25) is 9.52 Å². The molecule has 0 unspecified atom stereocenters. The number of halogens is 4. The van der Waals surface area contributed by atoms with Crippen molar-refractivity contribution in [1.82, 2.24) is 24.4 Å². The Bertz CT molecular complexity index is 1670. The Morgan fingerprint density at radius 3 is 2.52 bits per heavy atom. The largest absolute Gasteiger partial charge is 0.494 e. The molecule has 50 heavy (non-hydrogen) atoms. The number of carbonyl (C=O) groups is 2. The fraction of sp³-hybridized carbons (Fsp3) is 0.543. The summed E-state index contributed by atoms with van der Waals surface area (Å²) in [5.41, 5.74) is -2.29. The normalized spacial score (nSPS) is 18.1. The molecule has 1 saturated carbocycles. The molecular formula is C35H43ClF3N5O5S. The topological polar surface area (TPSA) is 108 Å². The second-order valence-corrected chi connectivity index (χ2v) is 15.7. The van der Waals surface area contributed by atoms with Crippen molar-refractivity contribution >= 4 is 35.5 Å². The van der Waals surface area contributed by atoms with Crippen LogP contribution in [-0.4, -0.2) is 68.7 Å². The van der Waals surface area contributed by atoms with E-state index in [0.717, 1.165) is 36.1 Å². The number of carbonyl (C=O) groups excluding carboxylic acids is 2. The highest BCUT2D eigenvalue weighted by molar-refractivity contribution is 7.98. The van der Waals surface area contributed by atoms with Gasteiger partial charge >= 0.3 is 12.3 Å². The number of rotatable bonds is 13. The average molecular weight is 738 g/mol. The summed E-state index contributed by atoms with van der Waals surface area (Å²) in [6, 6.07) is 12.0. The van der Waals surface area contributed by atoms with Crippen LogP contribution in [0, 0.1) is 11.3 Å². The van der Waals surface area contributed by atoms with Gasteiger partial charge in [0.15, 0.2) is 5.82 Å². The van der Waals surface area contributed by atoms with E-state index in [1.165, 1.54) is 16.8 Å². The summed E-state index contributed by atoms with van der Waals surface area (Å²) in [7, 11) is 0. The highest BCUT2D eigenvalue weighted by Gasteiger charge is 2.62. The van der Waals surface area contributed by atoms with Crippen molar-refractivity contribution in [3.63, 3.8) is 0 Å². The van der Waals surface area contributed by atoms with Crippen molar-refractivity contribution in [3.05, 3.63) is 59.4 Å². The molecule has 1 saturated heterocycles. The third kappa shape index (κ3) is 9.56. The quantitative estimate of drug-likeness (QED) is 0.106. The number of pyridine rings is 1. The van der Waals surface area contributed by atoms with E-state index >= 15 is 0 Å². The van der Waals surface area contributed by atoms with Gasteiger partial charge in [-0.25, -0.2) is 14.5 Å². The van der Waals surface area contributed by atoms with Crippen LogP contribution in [0.1, 0.15) is 83.5 Å². The van der Waals surface area contributed by atoms with E-state index in [2.05, 4.69) is 28.7 Å². The van der Waals surface area contributed by atoms with Gasteiger partial charge in [0.1, 0.15) is 16.5 Å². The maximum absolute atomic E-state index is 13.1. The van der Waals surface area contributed by atoms with Crippen LogP contribution in [0.25, 0.3) is 5.82 Å². The Morgan fingerprint density at radius 2 is 1.84 bits per heavy atom. The van der Waals surface area contributed by atoms with Gasteiger partial charge in [-0.05, 0) is 121 Å². The lowest BCUT2D eigenvalue weighted by Gasteiger charge is -2.33. The number of nitrogens with one attached hydrogen (secondary N) is 1. The van der Waals surface area contributed by atoms with Gasteiger partial charge in [0, 0.05) is 29.2 Å². The molecule has 0 spiro atoms. The molecule has 1 N–H and O–H groups in total. The van der Waals surface area contributed by atoms with Crippen LogP contribution in [0.4, 0.5) is 18.0 Å². The zero-order valence-corrected chi connectivity index (χ0v) is 30.4. The van der Waals surface area contributed by atoms with Crippen molar-refractivity contribution in [2.24, 2.45) is 11.3 Å². The molecule has 272 valence electrons. The van der Waals surface area contributed by atoms with E-state index in [1.54, 1.807) is 12.3 Å². The van der Waals surface area contributed by atoms with E-state index in [4.69, 9.17) is 25.8 Å². The molecule has 10 nitrogen and oxygen atoms in total. The number of alkyl halides is 3. The minimum Gasteiger partial charge on any atom is -0.494 e. The third-order valence-electron chi connectivity index (χ3n) is 8.83. The number of benzene rings is 1. The first-order valence-corrected chi connectivity index (χ1v) is 17.8. The Kier molecular flexibility index (Phi) is 11.2. The molecule has 3 aromatic rings. The van der Waals surface area contributed by atoms with Crippen molar-refractivity contribution in [1.29, 1.82) is 0 Å². The van der Waals surface area contributed by atoms with Gasteiger partial charge in [-0.15, -0.1) is 5.10 Å². The minimum atomic E-state index is -4.23. The van der Waals surface area contributed by atoms with Crippen molar-refractivity contribution in [3.8, 4) is 17.4 Å². The molecule has 1 aromatic carbocycles. The second kappa shape index (κ2) is 14.9. The fourth-order valence-electron chi connectivity index (χ4n) is 5.98. The molecule has 0 bridgehead atoms. The number of likely N-dealkylation sites (tertiary alicyclic amines) is 1. The molecule has 5 rings (SSSR count). The molecule has 1 atom stereocenters. The van der Waals surface area contributed by atoms with Crippen LogP contribution in [-0.2, 0) is 4.74 Å². The lowest BCUT2D eigenvalue weighted by molar-refractivity contribution is -0.190. The van der Waals surface area contributed by atoms with E-state index in [0.29, 0.717) is 30.6 Å². The zero-order valence-electron chi connectivity index (χ0n) is 28.8. The van der Waals surface area contributed by atoms with E-state index in [1.807, 2.05) is 49.9 Å². The molecule has 1 aliphatic heterocycles. The molecule has 2 amide bonds. The molecule has 3 heterocycles. The smallest absolute Gasteiger partial charge is 0.410 e. The lowest BCUT2D eigenvalue weighted by Crippen LogP contribution is -2.45. The summed E-state index contributed by atoms with van der Waals surface area (Å²) >= 11 is 7.46. The van der Waals surface area contributed by atoms with Crippen LogP contribution >= 0.6 is 23.5 Å². The fourth-order valence-corrected chi connectivity index (χ4v) is 6.86. The number of hydrogen-bond acceptors (Lipinski definition) is 8. The number of aromatic nitrogens is 3. The second-order valence-electron chi connectivity index (χ2n) is 14.5. The summed E-state index contributed by atoms with van der Waals surface area (Å²) in [6.45, 7) is 10.8. The van der Waals surface area contributed by atoms with Crippen LogP contribution in [0.15, 0.2) is 53.6 Å². The Morgan fingerprint density at radius 1 is 1.08 bits per heavy atom. The molecule has 1 aliphatic carbocycles. The molecule has 0 radical (unpaired) electrons. The van der Waals surface area contributed by atoms with Gasteiger partial charge in [-0.2, -0.15) is 13.2 Å². The number of nitrogens with zero attached hydrogens (tertiary/aromatic N) is 4. The number of hydrogen-bond donors (Lipinski definition) is 1. The van der Waals surface area contributed by atoms with Gasteiger partial charge in [0.25, 0.3) is 5.91 Å². The Labute approximate surface area is 299 Å². The SMILES string of the molecule is CC(C)(C)OC(=O)N1C[C@@H](CCCOc2cccc(SNC(=O)c3ccc(-n4ccc(OCCC5(C(F)(F)F)CC5)n4)nc3Cl)c2)CC1(C)C. The van der Waals surface area contributed by atoms with Crippen LogP contribution < -0.4 is 14.2 Å². The van der Waals surface area contributed by atoms with Crippen molar-refractivity contribution < 1.29 is 37.0 Å². The van der Waals surface area contributed by atoms with E-state index < -0.39 is 23.1 Å². The summed E-state index contributed by atoms with van der Waals surface area (Å²) in [5, 5.41) is 4.17. The predicted molar refractivity (Wildman–Crippen MR) is 184 cm³/mol. The standard InChI is InChI=1S/C35H43ClF3N5O5S/c1-32(2,3)49-31(46)43-22-23(21-33(43,4)5)8-7-18-47-24-9-6-10-25(20-24)50-42-30(45)26-11-12-27(40-29(26)36)44-17-13-28(41-44)48-19-16-34(14-15-34)35(37,38)39/h6,9-13,17,20,23H,7-8,14-16,18-19,21-22H2,1-5H3,(H,42,45)/t23-/m0/s1. The van der Waals surface area contributed by atoms with Crippen molar-refractivity contribution in [2.45, 2.75) is 95.4 Å². The first kappa shape index (κ1) is 37.6. The summed E-state index contributed by atoms with van der Waals surface area (Å²) in [4.78, 5) is 32.5. The maximum Gasteiger partial charge on any atom is 0.410 e. The molecular weight excluding hydrogens is 695 g/mol. The maximum atomic E-state index is 13.1. The zero-order chi connectivity index (χ0) is 36.3. The molecule has 15 heteroatoms. The van der Waals surface area contributed by atoms with Crippen LogP contribution in [0.2, 0.25) is 5.15 Å².